The molecule has 0 spiro atoms. The van der Waals surface area contributed by atoms with Crippen LogP contribution in [0.3, 0.4) is 0 Å². The summed E-state index contributed by atoms with van der Waals surface area (Å²) in [5.41, 5.74) is 2.15. The van der Waals surface area contributed by atoms with Crippen LogP contribution in [0, 0.1) is 5.82 Å². The van der Waals surface area contributed by atoms with Crippen LogP contribution < -0.4 is 14.4 Å². The van der Waals surface area contributed by atoms with Crippen LogP contribution in [0.4, 0.5) is 14.9 Å². The highest BCUT2D eigenvalue weighted by molar-refractivity contribution is 5.88. The number of piperidine rings is 1. The third-order valence-electron chi connectivity index (χ3n) is 6.48. The molecule has 2 aromatic carbocycles. The van der Waals surface area contributed by atoms with Gasteiger partial charge in [-0.05, 0) is 63.5 Å². The third kappa shape index (κ3) is 4.65. The summed E-state index contributed by atoms with van der Waals surface area (Å²) in [6.45, 7) is 5.70. The largest absolute Gasteiger partial charge is 0.454 e. The van der Waals surface area contributed by atoms with E-state index in [4.69, 9.17) is 18.7 Å². The number of halogens is 1. The Hall–Kier alpha value is -3.33. The molecule has 5 rings (SSSR count). The van der Waals surface area contributed by atoms with Crippen LogP contribution in [0.5, 0.6) is 11.5 Å². The van der Waals surface area contributed by atoms with Gasteiger partial charge in [0.1, 0.15) is 5.82 Å². The average Bonchev–Trinajstić information content (AvgIpc) is 3.49. The Morgan fingerprint density at radius 1 is 1.18 bits per heavy atom. The highest BCUT2D eigenvalue weighted by atomic mass is 19.1. The number of likely N-dealkylation sites (tertiary alicyclic amines) is 1. The second kappa shape index (κ2) is 9.89. The van der Waals surface area contributed by atoms with Crippen LogP contribution in [-0.2, 0) is 4.74 Å². The van der Waals surface area contributed by atoms with Crippen molar-refractivity contribution in [3.63, 3.8) is 0 Å². The molecule has 180 valence electrons. The molecule has 1 fully saturated rings. The van der Waals surface area contributed by atoms with E-state index in [0.717, 1.165) is 55.7 Å². The van der Waals surface area contributed by atoms with Crippen molar-refractivity contribution in [3.05, 3.63) is 47.9 Å². The number of hydrogen-bond acceptors (Lipinski definition) is 7. The summed E-state index contributed by atoms with van der Waals surface area (Å²) in [5.74, 6) is 1.31. The third-order valence-corrected chi connectivity index (χ3v) is 6.48. The van der Waals surface area contributed by atoms with Crippen molar-refractivity contribution in [2.24, 2.45) is 0 Å². The minimum absolute atomic E-state index is 0.196. The molecule has 9 heteroatoms. The number of benzene rings is 2. The van der Waals surface area contributed by atoms with Crippen molar-refractivity contribution in [2.45, 2.75) is 32.1 Å². The highest BCUT2D eigenvalue weighted by Gasteiger charge is 2.25. The maximum absolute atomic E-state index is 13.4. The fraction of sp³-hybridized carbons (Fsp3) is 0.440. The van der Waals surface area contributed by atoms with E-state index in [0.29, 0.717) is 36.2 Å². The fourth-order valence-electron chi connectivity index (χ4n) is 4.65. The molecule has 0 aliphatic carbocycles. The summed E-state index contributed by atoms with van der Waals surface area (Å²) in [5, 5.41) is 5.11. The van der Waals surface area contributed by atoms with E-state index in [-0.39, 0.29) is 18.7 Å². The Bertz CT molecular complexity index is 1160. The lowest BCUT2D eigenvalue weighted by atomic mass is 9.91. The Morgan fingerprint density at radius 2 is 2.00 bits per heavy atom. The molecule has 1 aromatic heterocycles. The second-order valence-electron chi connectivity index (χ2n) is 8.57. The molecular formula is C25H28FN3O5. The van der Waals surface area contributed by atoms with Gasteiger partial charge in [-0.25, -0.2) is 9.18 Å². The molecule has 0 atom stereocenters. The van der Waals surface area contributed by atoms with Crippen LogP contribution >= 0.6 is 0 Å². The van der Waals surface area contributed by atoms with Gasteiger partial charge >= 0.3 is 6.09 Å². The normalized spacial score (nSPS) is 16.2. The Morgan fingerprint density at radius 3 is 2.82 bits per heavy atom. The summed E-state index contributed by atoms with van der Waals surface area (Å²) in [4.78, 5) is 16.6. The van der Waals surface area contributed by atoms with E-state index >= 15 is 0 Å². The summed E-state index contributed by atoms with van der Waals surface area (Å²) in [6, 6.07) is 10.0. The van der Waals surface area contributed by atoms with Gasteiger partial charge in [-0.1, -0.05) is 5.16 Å². The number of hydrogen-bond donors (Lipinski definition) is 0. The standard InChI is InChI=1S/C25H28FN3O5/c1-2-29(19-5-7-21-23(15-19)33-16-32-21)25(30)31-13-3-10-28-11-8-17(9-12-28)24-20-6-4-18(26)14-22(20)34-27-24/h4-7,14-15,17H,2-3,8-13,16H2,1H3. The summed E-state index contributed by atoms with van der Waals surface area (Å²) < 4.78 is 35.0. The fourth-order valence-corrected chi connectivity index (χ4v) is 4.65. The van der Waals surface area contributed by atoms with Crippen molar-refractivity contribution in [1.82, 2.24) is 10.1 Å². The lowest BCUT2D eigenvalue weighted by Crippen LogP contribution is -2.35. The van der Waals surface area contributed by atoms with E-state index in [9.17, 15) is 9.18 Å². The minimum atomic E-state index is -0.366. The van der Waals surface area contributed by atoms with Crippen molar-refractivity contribution < 1.29 is 27.9 Å². The van der Waals surface area contributed by atoms with E-state index in [1.807, 2.05) is 13.0 Å². The minimum Gasteiger partial charge on any atom is -0.454 e. The smallest absolute Gasteiger partial charge is 0.414 e. The van der Waals surface area contributed by atoms with Crippen molar-refractivity contribution in [3.8, 4) is 11.5 Å². The molecule has 3 aromatic rings. The topological polar surface area (TPSA) is 77.3 Å². The van der Waals surface area contributed by atoms with Gasteiger partial charge in [0.15, 0.2) is 17.1 Å². The molecule has 0 unspecified atom stereocenters. The van der Waals surface area contributed by atoms with Gasteiger partial charge < -0.3 is 23.6 Å². The predicted molar refractivity (Wildman–Crippen MR) is 124 cm³/mol. The van der Waals surface area contributed by atoms with Crippen molar-refractivity contribution in [1.29, 1.82) is 0 Å². The van der Waals surface area contributed by atoms with Crippen LogP contribution in [0.25, 0.3) is 11.0 Å². The van der Waals surface area contributed by atoms with Gasteiger partial charge in [-0.2, -0.15) is 0 Å². The Balaban J connectivity index is 1.06. The van der Waals surface area contributed by atoms with Crippen LogP contribution in [-0.4, -0.2) is 55.7 Å². The Kier molecular flexibility index (Phi) is 6.53. The molecular weight excluding hydrogens is 441 g/mol. The second-order valence-corrected chi connectivity index (χ2v) is 8.57. The molecule has 3 heterocycles. The van der Waals surface area contributed by atoms with Crippen LogP contribution in [0.1, 0.15) is 37.8 Å². The SMILES string of the molecule is CCN(C(=O)OCCCN1CCC(c2noc3cc(F)ccc23)CC1)c1ccc2c(c1)OCO2. The highest BCUT2D eigenvalue weighted by Crippen LogP contribution is 2.36. The zero-order chi connectivity index (χ0) is 23.5. The monoisotopic (exact) mass is 469 g/mol. The number of aromatic nitrogens is 1. The summed E-state index contributed by atoms with van der Waals surface area (Å²) in [7, 11) is 0. The maximum atomic E-state index is 13.4. The van der Waals surface area contributed by atoms with Gasteiger partial charge in [0.05, 0.1) is 18.0 Å². The number of fused-ring (bicyclic) bond motifs is 2. The lowest BCUT2D eigenvalue weighted by molar-refractivity contribution is 0.140. The molecule has 0 N–H and O–H groups in total. The predicted octanol–water partition coefficient (Wildman–Crippen LogP) is 4.93. The molecule has 1 saturated heterocycles. The molecule has 1 amide bonds. The molecule has 0 radical (unpaired) electrons. The van der Waals surface area contributed by atoms with E-state index in [1.165, 1.54) is 12.1 Å². The number of rotatable bonds is 7. The zero-order valence-corrected chi connectivity index (χ0v) is 19.2. The zero-order valence-electron chi connectivity index (χ0n) is 19.2. The first-order chi connectivity index (χ1) is 16.6. The number of carbonyl (C=O) groups is 1. The number of ether oxygens (including phenoxy) is 3. The van der Waals surface area contributed by atoms with E-state index < -0.39 is 0 Å². The number of nitrogens with zero attached hydrogens (tertiary/aromatic N) is 3. The average molecular weight is 470 g/mol. The molecule has 8 nitrogen and oxygen atoms in total. The lowest BCUT2D eigenvalue weighted by Gasteiger charge is -2.31. The molecule has 34 heavy (non-hydrogen) atoms. The van der Waals surface area contributed by atoms with E-state index in [2.05, 4.69) is 10.1 Å². The van der Waals surface area contributed by atoms with Gasteiger partial charge in [-0.3, -0.25) is 4.90 Å². The van der Waals surface area contributed by atoms with Gasteiger partial charge in [0, 0.05) is 36.5 Å². The quantitative estimate of drug-likeness (QED) is 0.454. The van der Waals surface area contributed by atoms with Crippen LogP contribution in [0.2, 0.25) is 0 Å². The number of anilines is 1. The number of amides is 1. The van der Waals surface area contributed by atoms with Gasteiger partial charge in [-0.15, -0.1) is 0 Å². The van der Waals surface area contributed by atoms with Crippen molar-refractivity contribution >= 4 is 22.7 Å². The first-order valence-corrected chi connectivity index (χ1v) is 11.7. The van der Waals surface area contributed by atoms with E-state index in [1.54, 1.807) is 23.1 Å². The summed E-state index contributed by atoms with van der Waals surface area (Å²) >= 11 is 0. The maximum Gasteiger partial charge on any atom is 0.414 e. The molecule has 0 bridgehead atoms. The van der Waals surface area contributed by atoms with Gasteiger partial charge in [0.2, 0.25) is 6.79 Å². The van der Waals surface area contributed by atoms with Crippen LogP contribution in [0.15, 0.2) is 40.9 Å². The van der Waals surface area contributed by atoms with Gasteiger partial charge in [0.25, 0.3) is 0 Å². The Labute approximate surface area is 197 Å². The summed E-state index contributed by atoms with van der Waals surface area (Å²) in [6.07, 6.45) is 2.33. The first-order valence-electron chi connectivity index (χ1n) is 11.7. The first kappa shape index (κ1) is 22.5. The number of carbonyl (C=O) groups excluding carboxylic acids is 1. The molecule has 2 aliphatic rings. The molecule has 2 aliphatic heterocycles. The molecule has 0 saturated carbocycles. The van der Waals surface area contributed by atoms with Crippen molar-refractivity contribution in [2.75, 3.05) is 44.5 Å².